The van der Waals surface area contributed by atoms with E-state index in [1.807, 2.05) is 13.0 Å². The minimum absolute atomic E-state index is 0.0863. The van der Waals surface area contributed by atoms with Gasteiger partial charge in [-0.15, -0.1) is 0 Å². The van der Waals surface area contributed by atoms with Gasteiger partial charge < -0.3 is 14.2 Å². The van der Waals surface area contributed by atoms with Gasteiger partial charge in [0.1, 0.15) is 6.07 Å². The Hall–Kier alpha value is -3.77. The number of ether oxygens (including phenoxy) is 3. The van der Waals surface area contributed by atoms with Crippen molar-refractivity contribution >= 4 is 40.6 Å². The van der Waals surface area contributed by atoms with E-state index in [1.54, 1.807) is 53.4 Å². The van der Waals surface area contributed by atoms with Crippen LogP contribution in [0.1, 0.15) is 22.8 Å². The van der Waals surface area contributed by atoms with Crippen molar-refractivity contribution in [3.05, 3.63) is 58.5 Å². The normalized spacial score (nSPS) is 15.7. The highest BCUT2D eigenvalue weighted by Crippen LogP contribution is 2.35. The van der Waals surface area contributed by atoms with Crippen LogP contribution < -0.4 is 9.47 Å². The van der Waals surface area contributed by atoms with Crippen LogP contribution in [-0.2, 0) is 9.53 Å². The topological polar surface area (TPSA) is 101 Å². The molecule has 8 nitrogen and oxygen atoms in total. The molecule has 1 fully saturated rings. The highest BCUT2D eigenvalue weighted by atomic mass is 32.2. The minimum Gasteiger partial charge on any atom is -0.493 e. The molecule has 0 N–H and O–H groups in total. The van der Waals surface area contributed by atoms with Crippen LogP contribution in [0, 0.1) is 11.3 Å². The number of hydrogen-bond donors (Lipinski definition) is 0. The van der Waals surface area contributed by atoms with Crippen molar-refractivity contribution in [1.29, 1.82) is 5.26 Å². The number of aliphatic imine (C=N–C) groups is 1. The number of methoxy groups -OCH3 is 2. The van der Waals surface area contributed by atoms with E-state index < -0.39 is 5.97 Å². The Morgan fingerprint density at radius 2 is 1.94 bits per heavy atom. The van der Waals surface area contributed by atoms with E-state index in [0.717, 1.165) is 5.56 Å². The van der Waals surface area contributed by atoms with Gasteiger partial charge >= 0.3 is 5.97 Å². The molecule has 0 atom stereocenters. The Bertz CT molecular complexity index is 1120. The Balaban J connectivity index is 1.86. The minimum atomic E-state index is -0.422. The van der Waals surface area contributed by atoms with Crippen LogP contribution in [0.4, 0.5) is 5.69 Å². The first-order valence-electron chi connectivity index (χ1n) is 9.67. The fourth-order valence-electron chi connectivity index (χ4n) is 2.93. The molecular formula is C23H21N3O5S. The molecule has 0 spiro atoms. The molecule has 0 radical (unpaired) electrons. The maximum atomic E-state index is 12.9. The van der Waals surface area contributed by atoms with Gasteiger partial charge in [-0.2, -0.15) is 5.26 Å². The lowest BCUT2D eigenvalue weighted by molar-refractivity contribution is -0.122. The van der Waals surface area contributed by atoms with Gasteiger partial charge in [-0.25, -0.2) is 9.79 Å². The molecule has 164 valence electrons. The molecule has 1 aliphatic heterocycles. The first-order chi connectivity index (χ1) is 15.5. The van der Waals surface area contributed by atoms with Crippen LogP contribution >= 0.6 is 11.8 Å². The molecule has 1 amide bonds. The summed E-state index contributed by atoms with van der Waals surface area (Å²) < 4.78 is 15.4. The molecule has 1 aliphatic rings. The van der Waals surface area contributed by atoms with Crippen LogP contribution in [0.25, 0.3) is 6.08 Å². The van der Waals surface area contributed by atoms with Crippen molar-refractivity contribution in [2.24, 2.45) is 4.99 Å². The maximum absolute atomic E-state index is 12.9. The summed E-state index contributed by atoms with van der Waals surface area (Å²) in [6.07, 6.45) is 1.76. The number of rotatable bonds is 7. The summed E-state index contributed by atoms with van der Waals surface area (Å²) in [5.41, 5.74) is 1.80. The highest BCUT2D eigenvalue weighted by Gasteiger charge is 2.32. The molecule has 2 aromatic rings. The Labute approximate surface area is 190 Å². The molecule has 32 heavy (non-hydrogen) atoms. The Morgan fingerprint density at radius 3 is 2.56 bits per heavy atom. The monoisotopic (exact) mass is 451 g/mol. The van der Waals surface area contributed by atoms with Crippen molar-refractivity contribution in [2.45, 2.75) is 6.92 Å². The smallest absolute Gasteiger partial charge is 0.337 e. The molecule has 9 heteroatoms. The van der Waals surface area contributed by atoms with Crippen molar-refractivity contribution in [3.63, 3.8) is 0 Å². The number of carbonyl (C=O) groups excluding carboxylic acids is 2. The standard InChI is InChI=1S/C23H21N3O5S/c1-4-26-21(27)20(14-15-5-10-18(31-12-11-24)19(13-15)29-2)32-23(26)25-17-8-6-16(7-9-17)22(28)30-3/h5-10,13-14H,4,12H2,1-3H3/b20-14+,25-23?. The number of nitriles is 1. The van der Waals surface area contributed by atoms with E-state index in [4.69, 9.17) is 19.5 Å². The van der Waals surface area contributed by atoms with Crippen LogP contribution in [0.15, 0.2) is 52.4 Å². The average Bonchev–Trinajstić information content (AvgIpc) is 3.11. The number of hydrogen-bond acceptors (Lipinski definition) is 8. The molecule has 1 heterocycles. The first-order valence-corrected chi connectivity index (χ1v) is 10.5. The number of esters is 1. The molecule has 1 saturated heterocycles. The van der Waals surface area contributed by atoms with Crippen LogP contribution in [0.2, 0.25) is 0 Å². The zero-order valence-electron chi connectivity index (χ0n) is 17.8. The predicted molar refractivity (Wildman–Crippen MR) is 122 cm³/mol. The molecule has 0 unspecified atom stereocenters. The molecule has 0 aromatic heterocycles. The number of thioether (sulfide) groups is 1. The maximum Gasteiger partial charge on any atom is 0.337 e. The summed E-state index contributed by atoms with van der Waals surface area (Å²) in [6, 6.07) is 13.8. The van der Waals surface area contributed by atoms with Gasteiger partial charge in [0.2, 0.25) is 0 Å². The second-order valence-electron chi connectivity index (χ2n) is 6.45. The van der Waals surface area contributed by atoms with Crippen LogP contribution in [0.3, 0.4) is 0 Å². The summed E-state index contributed by atoms with van der Waals surface area (Å²) in [7, 11) is 2.84. The second kappa shape index (κ2) is 10.5. The first kappa shape index (κ1) is 22.9. The zero-order valence-corrected chi connectivity index (χ0v) is 18.6. The van der Waals surface area contributed by atoms with Crippen molar-refractivity contribution in [3.8, 4) is 17.6 Å². The lowest BCUT2D eigenvalue weighted by atomic mass is 10.2. The Morgan fingerprint density at radius 1 is 1.19 bits per heavy atom. The molecule has 3 rings (SSSR count). The van der Waals surface area contributed by atoms with Gasteiger partial charge in [-0.1, -0.05) is 6.07 Å². The van der Waals surface area contributed by atoms with Gasteiger partial charge in [-0.3, -0.25) is 9.69 Å². The van der Waals surface area contributed by atoms with Gasteiger partial charge in [-0.05, 0) is 66.7 Å². The highest BCUT2D eigenvalue weighted by molar-refractivity contribution is 8.18. The van der Waals surface area contributed by atoms with Crippen molar-refractivity contribution in [2.75, 3.05) is 27.4 Å². The summed E-state index contributed by atoms with van der Waals surface area (Å²) in [4.78, 5) is 31.2. The van der Waals surface area contributed by atoms with E-state index in [0.29, 0.717) is 39.4 Å². The van der Waals surface area contributed by atoms with Crippen LogP contribution in [0.5, 0.6) is 11.5 Å². The third-order valence-corrected chi connectivity index (χ3v) is 5.50. The molecule has 0 bridgehead atoms. The molecule has 0 saturated carbocycles. The number of carbonyl (C=O) groups is 2. The second-order valence-corrected chi connectivity index (χ2v) is 7.46. The Kier molecular flexibility index (Phi) is 7.52. The van der Waals surface area contributed by atoms with Crippen molar-refractivity contribution in [1.82, 2.24) is 4.90 Å². The van der Waals surface area contributed by atoms with E-state index in [-0.39, 0.29) is 12.5 Å². The number of amides is 1. The van der Waals surface area contributed by atoms with Gasteiger partial charge in [0, 0.05) is 6.54 Å². The van der Waals surface area contributed by atoms with Gasteiger partial charge in [0.25, 0.3) is 5.91 Å². The molecule has 0 aliphatic carbocycles. The summed E-state index contributed by atoms with van der Waals surface area (Å²) in [5.74, 6) is 0.354. The summed E-state index contributed by atoms with van der Waals surface area (Å²) in [5, 5.41) is 9.24. The van der Waals surface area contributed by atoms with E-state index >= 15 is 0 Å². The van der Waals surface area contributed by atoms with Crippen LogP contribution in [-0.4, -0.2) is 49.3 Å². The number of benzene rings is 2. The number of nitrogens with zero attached hydrogens (tertiary/aromatic N) is 3. The zero-order chi connectivity index (χ0) is 23.1. The predicted octanol–water partition coefficient (Wildman–Crippen LogP) is 4.01. The van der Waals surface area contributed by atoms with E-state index in [2.05, 4.69) is 4.99 Å². The van der Waals surface area contributed by atoms with Gasteiger partial charge in [0.15, 0.2) is 23.3 Å². The van der Waals surface area contributed by atoms with E-state index in [9.17, 15) is 9.59 Å². The largest absolute Gasteiger partial charge is 0.493 e. The fourth-order valence-corrected chi connectivity index (χ4v) is 3.99. The number of likely N-dealkylation sites (N-methyl/N-ethyl adjacent to an activating group) is 1. The lowest BCUT2D eigenvalue weighted by Gasteiger charge is -2.12. The SMILES string of the molecule is CCN1C(=O)/C(=C\c2ccc(OCC#N)c(OC)c2)SC1=Nc1ccc(C(=O)OC)cc1. The third kappa shape index (κ3) is 5.10. The average molecular weight is 452 g/mol. The quantitative estimate of drug-likeness (QED) is 0.463. The molecule has 2 aromatic carbocycles. The molecular weight excluding hydrogens is 430 g/mol. The van der Waals surface area contributed by atoms with Gasteiger partial charge in [0.05, 0.1) is 30.4 Å². The summed E-state index contributed by atoms with van der Waals surface area (Å²) >= 11 is 1.27. The van der Waals surface area contributed by atoms with E-state index in [1.165, 1.54) is 26.0 Å². The van der Waals surface area contributed by atoms with Crippen molar-refractivity contribution < 1.29 is 23.8 Å². The number of amidine groups is 1. The third-order valence-electron chi connectivity index (χ3n) is 4.50. The fraction of sp³-hybridized carbons (Fsp3) is 0.217. The summed E-state index contributed by atoms with van der Waals surface area (Å²) in [6.45, 7) is 2.26. The lowest BCUT2D eigenvalue weighted by Crippen LogP contribution is -2.28.